The van der Waals surface area contributed by atoms with E-state index in [1.54, 1.807) is 6.26 Å². The Morgan fingerprint density at radius 2 is 2.62 bits per heavy atom. The van der Waals surface area contributed by atoms with E-state index in [0.29, 0.717) is 12.1 Å². The van der Waals surface area contributed by atoms with Crippen LogP contribution in [0.15, 0.2) is 16.9 Å². The molecule has 2 unspecified atom stereocenters. The van der Waals surface area contributed by atoms with Gasteiger partial charge in [-0.3, -0.25) is 0 Å². The van der Waals surface area contributed by atoms with Crippen molar-refractivity contribution in [1.29, 1.82) is 0 Å². The Morgan fingerprint density at radius 3 is 3.23 bits per heavy atom. The number of ether oxygens (including phenoxy) is 1. The summed E-state index contributed by atoms with van der Waals surface area (Å²) < 4.78 is 10.2. The van der Waals surface area contributed by atoms with Crippen LogP contribution in [0.3, 0.4) is 0 Å². The standard InChI is InChI=1S/C9H14N2O2/c1-7-9(3-4-12-7)10-6-8-2-5-13-11-8/h2,5,7,9-10H,3-4,6H2,1H3. The molecule has 1 aromatic rings. The number of hydrogen-bond acceptors (Lipinski definition) is 4. The summed E-state index contributed by atoms with van der Waals surface area (Å²) in [4.78, 5) is 0. The van der Waals surface area contributed by atoms with Gasteiger partial charge < -0.3 is 14.6 Å². The van der Waals surface area contributed by atoms with Gasteiger partial charge in [0.2, 0.25) is 0 Å². The van der Waals surface area contributed by atoms with Gasteiger partial charge in [-0.15, -0.1) is 0 Å². The zero-order valence-corrected chi connectivity index (χ0v) is 7.69. The van der Waals surface area contributed by atoms with Crippen molar-refractivity contribution in [3.05, 3.63) is 18.0 Å². The van der Waals surface area contributed by atoms with Crippen molar-refractivity contribution in [2.45, 2.75) is 32.0 Å². The molecule has 1 saturated heterocycles. The highest BCUT2D eigenvalue weighted by atomic mass is 16.5. The van der Waals surface area contributed by atoms with Gasteiger partial charge in [-0.05, 0) is 13.3 Å². The van der Waals surface area contributed by atoms with Crippen LogP contribution in [0.4, 0.5) is 0 Å². The molecule has 1 N–H and O–H groups in total. The molecule has 0 amide bonds. The van der Waals surface area contributed by atoms with Crippen LogP contribution in [0, 0.1) is 0 Å². The lowest BCUT2D eigenvalue weighted by molar-refractivity contribution is 0.113. The second-order valence-electron chi connectivity index (χ2n) is 3.34. The molecule has 2 heterocycles. The fourth-order valence-corrected chi connectivity index (χ4v) is 1.56. The molecule has 13 heavy (non-hydrogen) atoms. The monoisotopic (exact) mass is 182 g/mol. The predicted molar refractivity (Wildman–Crippen MR) is 47.2 cm³/mol. The first-order chi connectivity index (χ1) is 6.36. The second-order valence-corrected chi connectivity index (χ2v) is 3.34. The molecule has 1 aliphatic heterocycles. The molecule has 2 atom stereocenters. The highest BCUT2D eigenvalue weighted by Crippen LogP contribution is 2.12. The van der Waals surface area contributed by atoms with Crippen LogP contribution in [0.2, 0.25) is 0 Å². The van der Waals surface area contributed by atoms with Gasteiger partial charge in [0.15, 0.2) is 0 Å². The number of hydrogen-bond donors (Lipinski definition) is 1. The van der Waals surface area contributed by atoms with Crippen molar-refractivity contribution in [1.82, 2.24) is 10.5 Å². The van der Waals surface area contributed by atoms with E-state index in [1.165, 1.54) is 0 Å². The third kappa shape index (κ3) is 2.08. The van der Waals surface area contributed by atoms with Crippen LogP contribution >= 0.6 is 0 Å². The molecule has 4 nitrogen and oxygen atoms in total. The van der Waals surface area contributed by atoms with E-state index in [1.807, 2.05) is 6.07 Å². The molecule has 0 bridgehead atoms. The minimum Gasteiger partial charge on any atom is -0.377 e. The Hall–Kier alpha value is -0.870. The van der Waals surface area contributed by atoms with Gasteiger partial charge in [0, 0.05) is 25.3 Å². The molecule has 72 valence electrons. The van der Waals surface area contributed by atoms with Gasteiger partial charge in [-0.25, -0.2) is 0 Å². The van der Waals surface area contributed by atoms with Crippen LogP contribution in [-0.2, 0) is 11.3 Å². The Morgan fingerprint density at radius 1 is 1.69 bits per heavy atom. The zero-order chi connectivity index (χ0) is 9.10. The van der Waals surface area contributed by atoms with Gasteiger partial charge >= 0.3 is 0 Å². The summed E-state index contributed by atoms with van der Waals surface area (Å²) in [6, 6.07) is 2.32. The van der Waals surface area contributed by atoms with E-state index >= 15 is 0 Å². The number of nitrogens with one attached hydrogen (secondary N) is 1. The average molecular weight is 182 g/mol. The Kier molecular flexibility index (Phi) is 2.61. The van der Waals surface area contributed by atoms with Crippen LogP contribution in [0.25, 0.3) is 0 Å². The molecule has 0 saturated carbocycles. The maximum absolute atomic E-state index is 5.43. The van der Waals surface area contributed by atoms with Crippen LogP contribution in [0.1, 0.15) is 19.0 Å². The molecule has 1 aliphatic rings. The molecule has 4 heteroatoms. The van der Waals surface area contributed by atoms with Crippen molar-refractivity contribution in [2.75, 3.05) is 6.61 Å². The SMILES string of the molecule is CC1OCCC1NCc1ccon1. The molecule has 0 radical (unpaired) electrons. The van der Waals surface area contributed by atoms with E-state index in [2.05, 4.69) is 17.4 Å². The van der Waals surface area contributed by atoms with E-state index in [9.17, 15) is 0 Å². The summed E-state index contributed by atoms with van der Waals surface area (Å²) in [5, 5.41) is 7.21. The third-order valence-electron chi connectivity index (χ3n) is 2.41. The van der Waals surface area contributed by atoms with E-state index < -0.39 is 0 Å². The van der Waals surface area contributed by atoms with Gasteiger partial charge in [-0.1, -0.05) is 5.16 Å². The van der Waals surface area contributed by atoms with Crippen molar-refractivity contribution in [2.24, 2.45) is 0 Å². The van der Waals surface area contributed by atoms with Crippen molar-refractivity contribution >= 4 is 0 Å². The number of aromatic nitrogens is 1. The summed E-state index contributed by atoms with van der Waals surface area (Å²) in [6.07, 6.45) is 2.98. The second kappa shape index (κ2) is 3.89. The summed E-state index contributed by atoms with van der Waals surface area (Å²) in [6.45, 7) is 3.71. The maximum atomic E-state index is 5.43. The summed E-state index contributed by atoms with van der Waals surface area (Å²) in [5.41, 5.74) is 0.944. The van der Waals surface area contributed by atoms with E-state index in [0.717, 1.165) is 25.3 Å². The summed E-state index contributed by atoms with van der Waals surface area (Å²) in [5.74, 6) is 0. The summed E-state index contributed by atoms with van der Waals surface area (Å²) >= 11 is 0. The topological polar surface area (TPSA) is 47.3 Å². The van der Waals surface area contributed by atoms with Crippen LogP contribution in [0.5, 0.6) is 0 Å². The predicted octanol–water partition coefficient (Wildman–Crippen LogP) is 0.942. The highest BCUT2D eigenvalue weighted by Gasteiger charge is 2.23. The Labute approximate surface area is 77.2 Å². The van der Waals surface area contributed by atoms with Crippen molar-refractivity contribution in [3.63, 3.8) is 0 Å². The van der Waals surface area contributed by atoms with Crippen molar-refractivity contribution in [3.8, 4) is 0 Å². The highest BCUT2D eigenvalue weighted by molar-refractivity contribution is 4.95. The largest absolute Gasteiger partial charge is 0.377 e. The minimum absolute atomic E-state index is 0.312. The molecular weight excluding hydrogens is 168 g/mol. The first kappa shape index (κ1) is 8.72. The van der Waals surface area contributed by atoms with Gasteiger partial charge in [-0.2, -0.15) is 0 Å². The van der Waals surface area contributed by atoms with Crippen LogP contribution < -0.4 is 5.32 Å². The molecule has 0 aliphatic carbocycles. The normalized spacial score (nSPS) is 28.1. The number of rotatable bonds is 3. The lowest BCUT2D eigenvalue weighted by Crippen LogP contribution is -2.34. The van der Waals surface area contributed by atoms with Gasteiger partial charge in [0.25, 0.3) is 0 Å². The lowest BCUT2D eigenvalue weighted by atomic mass is 10.1. The first-order valence-electron chi connectivity index (χ1n) is 4.60. The zero-order valence-electron chi connectivity index (χ0n) is 7.69. The first-order valence-corrected chi connectivity index (χ1v) is 4.60. The quantitative estimate of drug-likeness (QED) is 0.755. The maximum Gasteiger partial charge on any atom is 0.124 e. The Bertz CT molecular complexity index is 248. The van der Waals surface area contributed by atoms with E-state index in [4.69, 9.17) is 9.26 Å². The molecule has 1 fully saturated rings. The molecule has 1 aromatic heterocycles. The van der Waals surface area contributed by atoms with E-state index in [-0.39, 0.29) is 0 Å². The Balaban J connectivity index is 1.79. The lowest BCUT2D eigenvalue weighted by Gasteiger charge is -2.14. The fraction of sp³-hybridized carbons (Fsp3) is 0.667. The molecule has 2 rings (SSSR count). The molecular formula is C9H14N2O2. The summed E-state index contributed by atoms with van der Waals surface area (Å²) in [7, 11) is 0. The third-order valence-corrected chi connectivity index (χ3v) is 2.41. The number of nitrogens with zero attached hydrogens (tertiary/aromatic N) is 1. The fourth-order valence-electron chi connectivity index (χ4n) is 1.56. The van der Waals surface area contributed by atoms with Gasteiger partial charge in [0.05, 0.1) is 11.8 Å². The average Bonchev–Trinajstić information content (AvgIpc) is 2.72. The minimum atomic E-state index is 0.312. The van der Waals surface area contributed by atoms with Gasteiger partial charge in [0.1, 0.15) is 6.26 Å². The smallest absolute Gasteiger partial charge is 0.124 e. The van der Waals surface area contributed by atoms with Crippen molar-refractivity contribution < 1.29 is 9.26 Å². The molecule has 0 aromatic carbocycles. The molecule has 0 spiro atoms. The van der Waals surface area contributed by atoms with Crippen LogP contribution in [-0.4, -0.2) is 23.9 Å².